The molecule has 0 fully saturated rings. The minimum absolute atomic E-state index is 0.209. The number of alkyl halides is 1. The summed E-state index contributed by atoms with van der Waals surface area (Å²) in [4.78, 5) is 12.9. The lowest BCUT2D eigenvalue weighted by Gasteiger charge is -2.27. The molecular formula is C14H19FN2O3. The summed E-state index contributed by atoms with van der Waals surface area (Å²) in [6.45, 7) is 3.76. The van der Waals surface area contributed by atoms with Crippen molar-refractivity contribution in [3.63, 3.8) is 0 Å². The van der Waals surface area contributed by atoms with E-state index in [0.717, 1.165) is 4.90 Å². The van der Waals surface area contributed by atoms with E-state index in [-0.39, 0.29) is 12.3 Å². The van der Waals surface area contributed by atoms with E-state index in [9.17, 15) is 9.18 Å². The summed E-state index contributed by atoms with van der Waals surface area (Å²) >= 11 is 0. The SMILES string of the molecule is CC(C)(C)OC(=O)N(C(=N)CF)c1cccc(CO)c1. The average Bonchev–Trinajstić information content (AvgIpc) is 2.36. The van der Waals surface area contributed by atoms with Gasteiger partial charge in [-0.05, 0) is 38.5 Å². The minimum atomic E-state index is -1.09. The zero-order valence-corrected chi connectivity index (χ0v) is 11.8. The molecule has 1 amide bonds. The topological polar surface area (TPSA) is 73.6 Å². The average molecular weight is 282 g/mol. The van der Waals surface area contributed by atoms with Crippen molar-refractivity contribution in [3.05, 3.63) is 29.8 Å². The number of carbonyl (C=O) groups is 1. The molecule has 0 atom stereocenters. The van der Waals surface area contributed by atoms with Gasteiger partial charge in [0, 0.05) is 0 Å². The fraction of sp³-hybridized carbons (Fsp3) is 0.429. The van der Waals surface area contributed by atoms with Crippen LogP contribution in [0, 0.1) is 5.41 Å². The second-order valence-electron chi connectivity index (χ2n) is 5.22. The number of amides is 1. The van der Waals surface area contributed by atoms with Crippen LogP contribution in [0.25, 0.3) is 0 Å². The third-order valence-electron chi connectivity index (χ3n) is 2.32. The first kappa shape index (κ1) is 16.1. The molecular weight excluding hydrogens is 263 g/mol. The molecule has 0 aliphatic rings. The third-order valence-corrected chi connectivity index (χ3v) is 2.32. The molecule has 0 radical (unpaired) electrons. The van der Waals surface area contributed by atoms with Crippen molar-refractivity contribution in [3.8, 4) is 0 Å². The highest BCUT2D eigenvalue weighted by Crippen LogP contribution is 2.20. The Balaban J connectivity index is 3.12. The molecule has 0 saturated heterocycles. The van der Waals surface area contributed by atoms with E-state index >= 15 is 0 Å². The summed E-state index contributed by atoms with van der Waals surface area (Å²) in [5, 5.41) is 16.7. The van der Waals surface area contributed by atoms with Crippen LogP contribution < -0.4 is 4.90 Å². The maximum atomic E-state index is 12.8. The largest absolute Gasteiger partial charge is 0.443 e. The van der Waals surface area contributed by atoms with Crippen LogP contribution in [0.2, 0.25) is 0 Å². The van der Waals surface area contributed by atoms with E-state index in [2.05, 4.69) is 0 Å². The quantitative estimate of drug-likeness (QED) is 0.661. The molecule has 0 aromatic heterocycles. The number of benzene rings is 1. The Morgan fingerprint density at radius 3 is 2.60 bits per heavy atom. The second-order valence-corrected chi connectivity index (χ2v) is 5.22. The molecule has 0 unspecified atom stereocenters. The van der Waals surface area contributed by atoms with Gasteiger partial charge in [-0.2, -0.15) is 0 Å². The van der Waals surface area contributed by atoms with Crippen LogP contribution in [0.4, 0.5) is 14.9 Å². The number of carbonyl (C=O) groups excluding carboxylic acids is 1. The Kier molecular flexibility index (Phi) is 5.21. The summed E-state index contributed by atoms with van der Waals surface area (Å²) in [6, 6.07) is 6.33. The zero-order chi connectivity index (χ0) is 15.3. The minimum Gasteiger partial charge on any atom is -0.443 e. The van der Waals surface area contributed by atoms with Gasteiger partial charge in [0.25, 0.3) is 0 Å². The number of halogens is 1. The van der Waals surface area contributed by atoms with E-state index in [1.165, 1.54) is 6.07 Å². The van der Waals surface area contributed by atoms with Crippen molar-refractivity contribution in [2.45, 2.75) is 33.0 Å². The van der Waals surface area contributed by atoms with E-state index in [1.54, 1.807) is 39.0 Å². The van der Waals surface area contributed by atoms with E-state index in [4.69, 9.17) is 15.3 Å². The van der Waals surface area contributed by atoms with E-state index in [0.29, 0.717) is 5.56 Å². The maximum Gasteiger partial charge on any atom is 0.420 e. The third kappa shape index (κ3) is 4.31. The van der Waals surface area contributed by atoms with E-state index in [1.807, 2.05) is 0 Å². The number of amidine groups is 1. The van der Waals surface area contributed by atoms with Crippen molar-refractivity contribution < 1.29 is 19.0 Å². The van der Waals surface area contributed by atoms with Crippen LogP contribution in [-0.4, -0.2) is 29.3 Å². The van der Waals surface area contributed by atoms with Crippen LogP contribution in [0.1, 0.15) is 26.3 Å². The van der Waals surface area contributed by atoms with Gasteiger partial charge in [0.05, 0.1) is 12.3 Å². The lowest BCUT2D eigenvalue weighted by atomic mass is 10.2. The van der Waals surface area contributed by atoms with Crippen molar-refractivity contribution in [1.82, 2.24) is 0 Å². The van der Waals surface area contributed by atoms with Gasteiger partial charge in [-0.25, -0.2) is 14.1 Å². The van der Waals surface area contributed by atoms with Gasteiger partial charge in [-0.15, -0.1) is 0 Å². The molecule has 6 heteroatoms. The van der Waals surface area contributed by atoms with E-state index < -0.39 is 24.2 Å². The molecule has 0 aliphatic heterocycles. The molecule has 2 N–H and O–H groups in total. The summed E-state index contributed by atoms with van der Waals surface area (Å²) in [5.74, 6) is -0.519. The van der Waals surface area contributed by atoms with Gasteiger partial charge in [-0.1, -0.05) is 12.1 Å². The number of aliphatic hydroxyl groups excluding tert-OH is 1. The van der Waals surface area contributed by atoms with Crippen LogP contribution in [0.5, 0.6) is 0 Å². The predicted octanol–water partition coefficient (Wildman–Crippen LogP) is 2.87. The highest BCUT2D eigenvalue weighted by molar-refractivity contribution is 6.14. The van der Waals surface area contributed by atoms with Gasteiger partial charge < -0.3 is 9.84 Å². The molecule has 0 bridgehead atoms. The Hall–Kier alpha value is -1.95. The molecule has 0 saturated carbocycles. The number of nitrogens with one attached hydrogen (secondary N) is 1. The standard InChI is InChI=1S/C14H19FN2O3/c1-14(2,3)20-13(19)17(12(16)8-15)11-6-4-5-10(7-11)9-18/h4-7,16,18H,8-9H2,1-3H3. The molecule has 0 spiro atoms. The molecule has 1 aromatic rings. The molecule has 1 aromatic carbocycles. The molecule has 0 aliphatic carbocycles. The van der Waals surface area contributed by atoms with Crippen molar-refractivity contribution in [2.75, 3.05) is 11.6 Å². The smallest absolute Gasteiger partial charge is 0.420 e. The Labute approximate surface area is 117 Å². The summed E-state index contributed by atoms with van der Waals surface area (Å²) in [5.41, 5.74) is 0.0942. The van der Waals surface area contributed by atoms with Crippen molar-refractivity contribution in [1.29, 1.82) is 5.41 Å². The summed E-state index contributed by atoms with van der Waals surface area (Å²) in [7, 11) is 0. The zero-order valence-electron chi connectivity index (χ0n) is 11.8. The fourth-order valence-corrected chi connectivity index (χ4v) is 1.53. The van der Waals surface area contributed by atoms with Gasteiger partial charge in [0.1, 0.15) is 18.1 Å². The van der Waals surface area contributed by atoms with Crippen LogP contribution >= 0.6 is 0 Å². The second kappa shape index (κ2) is 6.47. The van der Waals surface area contributed by atoms with Crippen molar-refractivity contribution in [2.24, 2.45) is 0 Å². The Bertz CT molecular complexity index is 497. The number of hydrogen-bond acceptors (Lipinski definition) is 4. The summed E-state index contributed by atoms with van der Waals surface area (Å²) in [6.07, 6.45) is -0.824. The predicted molar refractivity (Wildman–Crippen MR) is 74.8 cm³/mol. The highest BCUT2D eigenvalue weighted by Gasteiger charge is 2.26. The number of rotatable bonds is 3. The monoisotopic (exact) mass is 282 g/mol. The number of aliphatic hydroxyl groups is 1. The molecule has 110 valence electrons. The lowest BCUT2D eigenvalue weighted by Crippen LogP contribution is -2.41. The normalized spacial score (nSPS) is 11.1. The fourth-order valence-electron chi connectivity index (χ4n) is 1.53. The molecule has 5 nitrogen and oxygen atoms in total. The van der Waals surface area contributed by atoms with Gasteiger partial charge >= 0.3 is 6.09 Å². The van der Waals surface area contributed by atoms with Crippen LogP contribution in [-0.2, 0) is 11.3 Å². The first-order valence-electron chi connectivity index (χ1n) is 6.15. The van der Waals surface area contributed by atoms with Gasteiger partial charge in [-0.3, -0.25) is 5.41 Å². The first-order valence-corrected chi connectivity index (χ1v) is 6.15. The van der Waals surface area contributed by atoms with Crippen LogP contribution in [0.15, 0.2) is 24.3 Å². The Morgan fingerprint density at radius 1 is 1.45 bits per heavy atom. The van der Waals surface area contributed by atoms with Crippen molar-refractivity contribution >= 4 is 17.6 Å². The molecule has 20 heavy (non-hydrogen) atoms. The first-order chi connectivity index (χ1) is 9.28. The van der Waals surface area contributed by atoms with Crippen LogP contribution in [0.3, 0.4) is 0 Å². The number of nitrogens with zero attached hydrogens (tertiary/aromatic N) is 1. The summed E-state index contributed by atoms with van der Waals surface area (Å²) < 4.78 is 17.9. The van der Waals surface area contributed by atoms with Gasteiger partial charge in [0.15, 0.2) is 0 Å². The maximum absolute atomic E-state index is 12.8. The Morgan fingerprint density at radius 2 is 2.10 bits per heavy atom. The highest BCUT2D eigenvalue weighted by atomic mass is 19.1. The molecule has 0 heterocycles. The number of hydrogen-bond donors (Lipinski definition) is 2. The molecule has 1 rings (SSSR count). The van der Waals surface area contributed by atoms with Gasteiger partial charge in [0.2, 0.25) is 0 Å². The number of anilines is 1. The lowest BCUT2D eigenvalue weighted by molar-refractivity contribution is 0.0602. The number of ether oxygens (including phenoxy) is 1.